The third-order valence-corrected chi connectivity index (χ3v) is 4.75. The molecule has 78 valence electrons. The maximum Gasteiger partial charge on any atom is 0.0222 e. The van der Waals surface area contributed by atoms with Crippen LogP contribution in [-0.4, -0.2) is 9.97 Å². The van der Waals surface area contributed by atoms with Crippen molar-refractivity contribution < 1.29 is 0 Å². The van der Waals surface area contributed by atoms with Gasteiger partial charge < -0.3 is 5.73 Å². The van der Waals surface area contributed by atoms with Gasteiger partial charge in [0.05, 0.1) is 0 Å². The molecule has 0 aliphatic heterocycles. The van der Waals surface area contributed by atoms with Crippen LogP contribution >= 0.6 is 22.6 Å². The standard InChI is InChI=1S/C11H22IN/c1-11(12,8-5-9-13)10-6-3-2-4-7-10/h10H,2-9,13H2,1H3. The van der Waals surface area contributed by atoms with Crippen LogP contribution in [0.1, 0.15) is 51.9 Å². The number of hydrogen-bond donors (Lipinski definition) is 1. The Kier molecular flexibility index (Phi) is 5.01. The quantitative estimate of drug-likeness (QED) is 0.623. The zero-order chi connectivity index (χ0) is 9.73. The highest BCUT2D eigenvalue weighted by molar-refractivity contribution is 14.1. The van der Waals surface area contributed by atoms with E-state index in [1.54, 1.807) is 0 Å². The van der Waals surface area contributed by atoms with E-state index in [4.69, 9.17) is 5.73 Å². The van der Waals surface area contributed by atoms with Crippen LogP contribution in [0.3, 0.4) is 0 Å². The molecule has 0 aromatic carbocycles. The predicted octanol–water partition coefficient (Wildman–Crippen LogP) is 3.50. The summed E-state index contributed by atoms with van der Waals surface area (Å²) in [5, 5.41) is 0. The third-order valence-electron chi connectivity index (χ3n) is 3.33. The van der Waals surface area contributed by atoms with E-state index in [0.29, 0.717) is 3.42 Å². The lowest BCUT2D eigenvalue weighted by Gasteiger charge is -2.35. The molecule has 0 aromatic rings. The van der Waals surface area contributed by atoms with Gasteiger partial charge >= 0.3 is 0 Å². The van der Waals surface area contributed by atoms with E-state index < -0.39 is 0 Å². The van der Waals surface area contributed by atoms with Crippen molar-refractivity contribution in [2.75, 3.05) is 6.54 Å². The van der Waals surface area contributed by atoms with Gasteiger partial charge in [0.25, 0.3) is 0 Å². The second kappa shape index (κ2) is 5.54. The Labute approximate surface area is 96.0 Å². The van der Waals surface area contributed by atoms with Gasteiger partial charge in [0.15, 0.2) is 0 Å². The van der Waals surface area contributed by atoms with E-state index in [2.05, 4.69) is 29.5 Å². The summed E-state index contributed by atoms with van der Waals surface area (Å²) in [5.41, 5.74) is 5.56. The predicted molar refractivity (Wildman–Crippen MR) is 67.3 cm³/mol. The molecule has 1 rings (SSSR count). The molecular weight excluding hydrogens is 273 g/mol. The average molecular weight is 295 g/mol. The molecule has 1 fully saturated rings. The molecule has 0 bridgehead atoms. The molecule has 0 saturated heterocycles. The normalized spacial score (nSPS) is 24.2. The summed E-state index contributed by atoms with van der Waals surface area (Å²) in [6.07, 6.45) is 9.75. The highest BCUT2D eigenvalue weighted by Gasteiger charge is 2.31. The van der Waals surface area contributed by atoms with Gasteiger partial charge in [-0.25, -0.2) is 0 Å². The molecule has 1 unspecified atom stereocenters. The van der Waals surface area contributed by atoms with Gasteiger partial charge in [-0.15, -0.1) is 0 Å². The summed E-state index contributed by atoms with van der Waals surface area (Å²) in [5.74, 6) is 0.952. The fourth-order valence-corrected chi connectivity index (χ4v) is 3.36. The third kappa shape index (κ3) is 3.74. The van der Waals surface area contributed by atoms with Crippen molar-refractivity contribution in [3.63, 3.8) is 0 Å². The molecular formula is C11H22IN. The Bertz CT molecular complexity index is 139. The lowest BCUT2D eigenvalue weighted by atomic mass is 9.79. The van der Waals surface area contributed by atoms with Crippen molar-refractivity contribution in [3.05, 3.63) is 0 Å². The highest BCUT2D eigenvalue weighted by Crippen LogP contribution is 2.41. The van der Waals surface area contributed by atoms with Crippen LogP contribution in [-0.2, 0) is 0 Å². The van der Waals surface area contributed by atoms with Crippen LogP contribution in [0.2, 0.25) is 0 Å². The first-order valence-electron chi connectivity index (χ1n) is 5.56. The zero-order valence-electron chi connectivity index (χ0n) is 8.69. The first kappa shape index (κ1) is 11.8. The molecule has 2 N–H and O–H groups in total. The Morgan fingerprint density at radius 3 is 2.46 bits per heavy atom. The first-order valence-corrected chi connectivity index (χ1v) is 6.63. The van der Waals surface area contributed by atoms with Crippen LogP contribution in [0.15, 0.2) is 0 Å². The maximum atomic E-state index is 5.56. The summed E-state index contributed by atoms with van der Waals surface area (Å²) in [6, 6.07) is 0. The summed E-state index contributed by atoms with van der Waals surface area (Å²) in [4.78, 5) is 0. The number of nitrogens with two attached hydrogens (primary N) is 1. The second-order valence-corrected chi connectivity index (χ2v) is 6.97. The van der Waals surface area contributed by atoms with E-state index in [1.807, 2.05) is 0 Å². The summed E-state index contributed by atoms with van der Waals surface area (Å²) in [6.45, 7) is 3.27. The smallest absolute Gasteiger partial charge is 0.0222 e. The van der Waals surface area contributed by atoms with Crippen molar-refractivity contribution in [1.29, 1.82) is 0 Å². The SMILES string of the molecule is CC(I)(CCCN)C1CCCCC1. The number of hydrogen-bond acceptors (Lipinski definition) is 1. The van der Waals surface area contributed by atoms with Crippen LogP contribution in [0, 0.1) is 5.92 Å². The minimum atomic E-state index is 0.511. The summed E-state index contributed by atoms with van der Waals surface area (Å²) < 4.78 is 0.511. The molecule has 0 heterocycles. The Balaban J connectivity index is 2.36. The van der Waals surface area contributed by atoms with Crippen LogP contribution < -0.4 is 5.73 Å². The van der Waals surface area contributed by atoms with Gasteiger partial charge in [-0.1, -0.05) is 48.8 Å². The van der Waals surface area contributed by atoms with E-state index in [-0.39, 0.29) is 0 Å². The van der Waals surface area contributed by atoms with Crippen LogP contribution in [0.4, 0.5) is 0 Å². The lowest BCUT2D eigenvalue weighted by molar-refractivity contribution is 0.290. The number of rotatable bonds is 4. The molecule has 0 amide bonds. The maximum absolute atomic E-state index is 5.56. The molecule has 1 aliphatic rings. The average Bonchev–Trinajstić information content (AvgIpc) is 2.16. The van der Waals surface area contributed by atoms with Gasteiger partial charge in [0.2, 0.25) is 0 Å². The number of alkyl halides is 1. The molecule has 1 aliphatic carbocycles. The molecule has 0 aromatic heterocycles. The fraction of sp³-hybridized carbons (Fsp3) is 1.00. The van der Waals surface area contributed by atoms with Gasteiger partial charge in [-0.2, -0.15) is 0 Å². The highest BCUT2D eigenvalue weighted by atomic mass is 127. The minimum absolute atomic E-state index is 0.511. The molecule has 0 spiro atoms. The Morgan fingerprint density at radius 1 is 1.31 bits per heavy atom. The van der Waals surface area contributed by atoms with E-state index in [1.165, 1.54) is 44.9 Å². The molecule has 1 saturated carbocycles. The van der Waals surface area contributed by atoms with Crippen LogP contribution in [0.5, 0.6) is 0 Å². The van der Waals surface area contributed by atoms with Gasteiger partial charge in [-0.3, -0.25) is 0 Å². The minimum Gasteiger partial charge on any atom is -0.330 e. The van der Waals surface area contributed by atoms with Crippen molar-refractivity contribution in [2.45, 2.75) is 55.3 Å². The van der Waals surface area contributed by atoms with Gasteiger partial charge in [0, 0.05) is 3.42 Å². The first-order chi connectivity index (χ1) is 6.17. The molecule has 2 heteroatoms. The number of halogens is 1. The summed E-state index contributed by atoms with van der Waals surface area (Å²) in [7, 11) is 0. The van der Waals surface area contributed by atoms with Crippen molar-refractivity contribution >= 4 is 22.6 Å². The molecule has 0 radical (unpaired) electrons. The topological polar surface area (TPSA) is 26.0 Å². The monoisotopic (exact) mass is 295 g/mol. The fourth-order valence-electron chi connectivity index (χ4n) is 2.36. The van der Waals surface area contributed by atoms with Gasteiger partial charge in [-0.05, 0) is 38.1 Å². The van der Waals surface area contributed by atoms with Crippen LogP contribution in [0.25, 0.3) is 0 Å². The second-order valence-electron chi connectivity index (χ2n) is 4.51. The van der Waals surface area contributed by atoms with E-state index in [9.17, 15) is 0 Å². The molecule has 1 atom stereocenters. The van der Waals surface area contributed by atoms with Crippen molar-refractivity contribution in [2.24, 2.45) is 11.7 Å². The zero-order valence-corrected chi connectivity index (χ0v) is 10.8. The Morgan fingerprint density at radius 2 is 1.92 bits per heavy atom. The van der Waals surface area contributed by atoms with E-state index >= 15 is 0 Å². The van der Waals surface area contributed by atoms with Crippen molar-refractivity contribution in [1.82, 2.24) is 0 Å². The largest absolute Gasteiger partial charge is 0.330 e. The molecule has 1 nitrogen and oxygen atoms in total. The molecule has 13 heavy (non-hydrogen) atoms. The summed E-state index contributed by atoms with van der Waals surface area (Å²) >= 11 is 2.66. The van der Waals surface area contributed by atoms with Crippen molar-refractivity contribution in [3.8, 4) is 0 Å². The lowest BCUT2D eigenvalue weighted by Crippen LogP contribution is -2.30. The van der Waals surface area contributed by atoms with E-state index in [0.717, 1.165) is 12.5 Å². The van der Waals surface area contributed by atoms with Gasteiger partial charge in [0.1, 0.15) is 0 Å². The Hall–Kier alpha value is 0.690.